The Balaban J connectivity index is 1.24. The molecular formula is C35H38ClF2N5O6. The highest BCUT2D eigenvalue weighted by Crippen LogP contribution is 2.36. The van der Waals surface area contributed by atoms with E-state index in [1.54, 1.807) is 38.7 Å². The van der Waals surface area contributed by atoms with Crippen molar-refractivity contribution in [1.29, 1.82) is 0 Å². The largest absolute Gasteiger partial charge is 0.508 e. The maximum absolute atomic E-state index is 14.6. The first kappa shape index (κ1) is 35.5. The van der Waals surface area contributed by atoms with Gasteiger partial charge < -0.3 is 30.3 Å². The molecule has 0 spiro atoms. The number of rotatable bonds is 7. The normalized spacial score (nSPS) is 18.6. The van der Waals surface area contributed by atoms with Crippen molar-refractivity contribution >= 4 is 51.9 Å². The number of halogens is 3. The number of aromatic hydroxyl groups is 1. The van der Waals surface area contributed by atoms with Gasteiger partial charge in [-0.05, 0) is 81.7 Å². The van der Waals surface area contributed by atoms with Crippen LogP contribution in [0.25, 0.3) is 16.5 Å². The van der Waals surface area contributed by atoms with Crippen LogP contribution in [0.15, 0.2) is 48.5 Å². The second kappa shape index (κ2) is 14.4. The number of amides is 4. The first-order valence-electron chi connectivity index (χ1n) is 15.9. The summed E-state index contributed by atoms with van der Waals surface area (Å²) >= 11 is 6.52. The van der Waals surface area contributed by atoms with Crippen LogP contribution in [0, 0.1) is 5.82 Å². The van der Waals surface area contributed by atoms with E-state index in [1.165, 1.54) is 36.4 Å². The van der Waals surface area contributed by atoms with Crippen LogP contribution < -0.4 is 10.6 Å². The summed E-state index contributed by atoms with van der Waals surface area (Å²) in [6.45, 7) is 6.83. The van der Waals surface area contributed by atoms with E-state index in [1.807, 2.05) is 6.08 Å². The van der Waals surface area contributed by atoms with Crippen LogP contribution in [0.5, 0.6) is 5.75 Å². The highest BCUT2D eigenvalue weighted by molar-refractivity contribution is 6.32. The van der Waals surface area contributed by atoms with E-state index in [4.69, 9.17) is 16.3 Å². The number of aromatic nitrogens is 1. The fraction of sp³-hybridized carbons (Fsp3) is 0.400. The Kier molecular flexibility index (Phi) is 10.4. The summed E-state index contributed by atoms with van der Waals surface area (Å²) in [7, 11) is 0. The van der Waals surface area contributed by atoms with Gasteiger partial charge in [-0.3, -0.25) is 14.4 Å². The number of carbonyl (C=O) groups excluding carboxylic acids is 4. The average molecular weight is 698 g/mol. The van der Waals surface area contributed by atoms with Gasteiger partial charge in [0.2, 0.25) is 11.8 Å². The van der Waals surface area contributed by atoms with E-state index in [0.717, 1.165) is 10.5 Å². The minimum Gasteiger partial charge on any atom is -0.508 e. The lowest BCUT2D eigenvalue weighted by molar-refractivity contribution is -0.138. The standard InChI is InChI=1S/C35H38ClF2N5O6/c1-19(24-14-25(26(36)15-30(24)44)21-6-5-11-42(17-21)34(48)49-35(2,3)4)40-33(47)29-13-23(38)18-43(29)31(45)16-39-32(46)28-9-7-20-12-22(37)8-10-27(20)41-28/h6-10,12,14-15,19,23,29,44H,5,11,13,16-18H2,1-4H3,(H,39,46)(H,40,47)/t19-,23+,29-/m0/s1. The van der Waals surface area contributed by atoms with Crippen LogP contribution in [0.4, 0.5) is 13.6 Å². The Morgan fingerprint density at radius 3 is 2.63 bits per heavy atom. The molecule has 0 radical (unpaired) electrons. The number of ether oxygens (including phenoxy) is 1. The van der Waals surface area contributed by atoms with E-state index in [0.29, 0.717) is 35.0 Å². The summed E-state index contributed by atoms with van der Waals surface area (Å²) in [5.41, 5.74) is 1.36. The van der Waals surface area contributed by atoms with Crippen LogP contribution in [0.1, 0.15) is 68.2 Å². The number of hydrogen-bond acceptors (Lipinski definition) is 7. The molecule has 3 aromatic rings. The lowest BCUT2D eigenvalue weighted by atomic mass is 9.96. The van der Waals surface area contributed by atoms with Crippen LogP contribution in [0.3, 0.4) is 0 Å². The zero-order valence-corrected chi connectivity index (χ0v) is 28.3. The van der Waals surface area contributed by atoms with Gasteiger partial charge in [0.1, 0.15) is 35.1 Å². The maximum atomic E-state index is 14.6. The molecule has 0 aliphatic carbocycles. The third kappa shape index (κ3) is 8.45. The van der Waals surface area contributed by atoms with E-state index in [2.05, 4.69) is 15.6 Å². The smallest absolute Gasteiger partial charge is 0.410 e. The highest BCUT2D eigenvalue weighted by atomic mass is 35.5. The first-order valence-corrected chi connectivity index (χ1v) is 16.3. The Morgan fingerprint density at radius 2 is 1.90 bits per heavy atom. The number of nitrogens with zero attached hydrogens (tertiary/aromatic N) is 3. The molecule has 0 unspecified atom stereocenters. The monoisotopic (exact) mass is 697 g/mol. The fourth-order valence-electron chi connectivity index (χ4n) is 5.86. The predicted octanol–water partition coefficient (Wildman–Crippen LogP) is 5.30. The lowest BCUT2D eigenvalue weighted by Crippen LogP contribution is -2.49. The Hall–Kier alpha value is -4.78. The number of nitrogens with one attached hydrogen (secondary N) is 2. The predicted molar refractivity (Wildman–Crippen MR) is 179 cm³/mol. The van der Waals surface area contributed by atoms with Gasteiger partial charge in [-0.25, -0.2) is 18.6 Å². The molecule has 0 bridgehead atoms. The zero-order chi connectivity index (χ0) is 35.6. The Bertz CT molecular complexity index is 1830. The van der Waals surface area contributed by atoms with Gasteiger partial charge in [-0.15, -0.1) is 0 Å². The summed E-state index contributed by atoms with van der Waals surface area (Å²) in [6, 6.07) is 7.91. The molecule has 5 rings (SSSR count). The van der Waals surface area contributed by atoms with E-state index < -0.39 is 60.0 Å². The number of benzene rings is 2. The molecule has 49 heavy (non-hydrogen) atoms. The van der Waals surface area contributed by atoms with E-state index >= 15 is 0 Å². The Morgan fingerprint density at radius 1 is 1.14 bits per heavy atom. The van der Waals surface area contributed by atoms with Crippen LogP contribution in [-0.4, -0.2) is 87.7 Å². The third-order valence-electron chi connectivity index (χ3n) is 8.25. The number of alkyl halides is 1. The molecule has 3 heterocycles. The molecule has 1 aromatic heterocycles. The van der Waals surface area contributed by atoms with Gasteiger partial charge in [0, 0.05) is 30.5 Å². The summed E-state index contributed by atoms with van der Waals surface area (Å²) < 4.78 is 33.6. The zero-order valence-electron chi connectivity index (χ0n) is 27.6. The average Bonchev–Trinajstić information content (AvgIpc) is 3.44. The molecule has 2 aliphatic rings. The molecule has 14 heteroatoms. The summed E-state index contributed by atoms with van der Waals surface area (Å²) in [5.74, 6) is -2.59. The summed E-state index contributed by atoms with van der Waals surface area (Å²) in [6.07, 6.45) is 0.343. The van der Waals surface area contributed by atoms with Crippen molar-refractivity contribution < 1.29 is 37.8 Å². The highest BCUT2D eigenvalue weighted by Gasteiger charge is 2.40. The lowest BCUT2D eigenvalue weighted by Gasteiger charge is -2.31. The summed E-state index contributed by atoms with van der Waals surface area (Å²) in [4.78, 5) is 58.8. The molecule has 260 valence electrons. The second-order valence-corrected chi connectivity index (χ2v) is 13.6. The molecule has 1 saturated heterocycles. The van der Waals surface area contributed by atoms with Gasteiger partial charge in [-0.2, -0.15) is 0 Å². The van der Waals surface area contributed by atoms with Gasteiger partial charge in [0.05, 0.1) is 29.7 Å². The molecule has 3 N–H and O–H groups in total. The van der Waals surface area contributed by atoms with Gasteiger partial charge in [-0.1, -0.05) is 23.7 Å². The summed E-state index contributed by atoms with van der Waals surface area (Å²) in [5, 5.41) is 16.8. The van der Waals surface area contributed by atoms with Crippen molar-refractivity contribution in [3.05, 3.63) is 76.2 Å². The van der Waals surface area contributed by atoms with Gasteiger partial charge in [0.25, 0.3) is 5.91 Å². The van der Waals surface area contributed by atoms with Crippen molar-refractivity contribution in [2.45, 2.75) is 64.4 Å². The molecule has 1 fully saturated rings. The molecule has 2 aromatic carbocycles. The Labute approximate surface area is 287 Å². The number of fused-ring (bicyclic) bond motifs is 1. The van der Waals surface area contributed by atoms with E-state index in [-0.39, 0.29) is 36.0 Å². The number of phenolic OH excluding ortho intramolecular Hbond substituents is 1. The molecule has 0 saturated carbocycles. The van der Waals surface area contributed by atoms with E-state index in [9.17, 15) is 33.1 Å². The molecule has 4 amide bonds. The second-order valence-electron chi connectivity index (χ2n) is 13.2. The topological polar surface area (TPSA) is 141 Å². The number of hydrogen-bond donors (Lipinski definition) is 3. The minimum absolute atomic E-state index is 0.00324. The van der Waals surface area contributed by atoms with Crippen molar-refractivity contribution in [2.24, 2.45) is 0 Å². The molecule has 11 nitrogen and oxygen atoms in total. The van der Waals surface area contributed by atoms with Crippen molar-refractivity contribution in [1.82, 2.24) is 25.4 Å². The maximum Gasteiger partial charge on any atom is 0.410 e. The number of likely N-dealkylation sites (tertiary alicyclic amines) is 1. The fourth-order valence-corrected chi connectivity index (χ4v) is 6.14. The van der Waals surface area contributed by atoms with Gasteiger partial charge in [0.15, 0.2) is 0 Å². The van der Waals surface area contributed by atoms with Crippen LogP contribution in [-0.2, 0) is 14.3 Å². The molecular weight excluding hydrogens is 660 g/mol. The van der Waals surface area contributed by atoms with Crippen molar-refractivity contribution in [3.8, 4) is 5.75 Å². The third-order valence-corrected chi connectivity index (χ3v) is 8.56. The minimum atomic E-state index is -1.46. The molecule has 2 aliphatic heterocycles. The van der Waals surface area contributed by atoms with Crippen molar-refractivity contribution in [3.63, 3.8) is 0 Å². The van der Waals surface area contributed by atoms with Gasteiger partial charge >= 0.3 is 6.09 Å². The SMILES string of the molecule is C[C@H](NC(=O)[C@@H]1C[C@@H](F)CN1C(=O)CNC(=O)c1ccc2cc(F)ccc2n1)c1cc(C2=CCCN(C(=O)OC(C)(C)C)C2)c(Cl)cc1O. The van der Waals surface area contributed by atoms with Crippen LogP contribution in [0.2, 0.25) is 5.02 Å². The van der Waals surface area contributed by atoms with Crippen LogP contribution >= 0.6 is 11.6 Å². The van der Waals surface area contributed by atoms with Crippen molar-refractivity contribution in [2.75, 3.05) is 26.2 Å². The molecule has 3 atom stereocenters. The number of phenols is 1. The quantitative estimate of drug-likeness (QED) is 0.304. The number of pyridine rings is 1. The number of carbonyl (C=O) groups is 4. The first-order chi connectivity index (χ1) is 23.1.